The highest BCUT2D eigenvalue weighted by atomic mass is 32.3. The Morgan fingerprint density at radius 3 is 2.43 bits per heavy atom. The Morgan fingerprint density at radius 2 is 1.81 bits per heavy atom. The lowest BCUT2D eigenvalue weighted by Crippen LogP contribution is -2.45. The molecule has 1 aliphatic heterocycles. The Hall–Kier alpha value is -2.99. The number of benzene rings is 2. The van der Waals surface area contributed by atoms with Gasteiger partial charge in [-0.1, -0.05) is 18.2 Å². The van der Waals surface area contributed by atoms with Crippen LogP contribution in [-0.2, 0) is 33.7 Å². The maximum Gasteiger partial charge on any atom is 0.408 e. The number of methoxy groups -OCH3 is 3. The predicted octanol–water partition coefficient (Wildman–Crippen LogP) is 4.40. The Labute approximate surface area is 219 Å². The molecule has 37 heavy (non-hydrogen) atoms. The SMILES string of the molecule is COC(=O)C(Cc1ccc2c(c1)CCN(Cc1ccc(OC)cc1OC)S2(O)O)NC(=O)OC(C)(C)C. The van der Waals surface area contributed by atoms with E-state index in [2.05, 4.69) is 5.32 Å². The van der Waals surface area contributed by atoms with Gasteiger partial charge in [-0.3, -0.25) is 9.11 Å². The molecule has 204 valence electrons. The van der Waals surface area contributed by atoms with Crippen LogP contribution in [0.25, 0.3) is 0 Å². The fourth-order valence-corrected chi connectivity index (χ4v) is 5.80. The van der Waals surface area contributed by atoms with Gasteiger partial charge in [0, 0.05) is 31.1 Å². The van der Waals surface area contributed by atoms with Crippen LogP contribution < -0.4 is 14.8 Å². The van der Waals surface area contributed by atoms with Gasteiger partial charge in [-0.15, -0.1) is 10.8 Å². The summed E-state index contributed by atoms with van der Waals surface area (Å²) in [4.78, 5) is 25.0. The zero-order valence-corrected chi connectivity index (χ0v) is 22.9. The predicted molar refractivity (Wildman–Crippen MR) is 140 cm³/mol. The van der Waals surface area contributed by atoms with Crippen LogP contribution in [-0.4, -0.2) is 65.0 Å². The topological polar surface area (TPSA) is 127 Å². The molecule has 0 fully saturated rings. The van der Waals surface area contributed by atoms with E-state index >= 15 is 0 Å². The van der Waals surface area contributed by atoms with Gasteiger partial charge in [0.25, 0.3) is 0 Å². The molecule has 0 radical (unpaired) electrons. The number of rotatable bonds is 8. The molecule has 3 N–H and O–H groups in total. The molecule has 1 aliphatic rings. The lowest BCUT2D eigenvalue weighted by atomic mass is 10.0. The highest BCUT2D eigenvalue weighted by Crippen LogP contribution is 2.56. The van der Waals surface area contributed by atoms with E-state index in [-0.39, 0.29) is 13.0 Å². The molecule has 10 nitrogen and oxygen atoms in total. The summed E-state index contributed by atoms with van der Waals surface area (Å²) in [7, 11) is 1.12. The Kier molecular flexibility index (Phi) is 8.96. The number of hydrogen-bond acceptors (Lipinski definition) is 9. The van der Waals surface area contributed by atoms with E-state index in [9.17, 15) is 18.7 Å². The Morgan fingerprint density at radius 1 is 1.08 bits per heavy atom. The van der Waals surface area contributed by atoms with Crippen molar-refractivity contribution in [1.29, 1.82) is 0 Å². The number of hydrogen-bond donors (Lipinski definition) is 3. The molecule has 2 aromatic carbocycles. The van der Waals surface area contributed by atoms with E-state index in [0.29, 0.717) is 29.4 Å². The number of alkyl carbamates (subject to hydrolysis) is 1. The second kappa shape index (κ2) is 11.6. The summed E-state index contributed by atoms with van der Waals surface area (Å²) in [6, 6.07) is 9.67. The third-order valence-electron chi connectivity index (χ3n) is 5.87. The van der Waals surface area contributed by atoms with E-state index in [4.69, 9.17) is 18.9 Å². The molecule has 11 heteroatoms. The van der Waals surface area contributed by atoms with Gasteiger partial charge in [-0.2, -0.15) is 4.31 Å². The van der Waals surface area contributed by atoms with E-state index in [1.807, 2.05) is 12.1 Å². The third kappa shape index (κ3) is 7.07. The number of nitrogens with one attached hydrogen (secondary N) is 1. The molecule has 0 saturated heterocycles. The second-order valence-corrected chi connectivity index (χ2v) is 11.7. The van der Waals surface area contributed by atoms with Crippen LogP contribution in [0.3, 0.4) is 0 Å². The molecule has 1 heterocycles. The number of amides is 1. The number of esters is 1. The summed E-state index contributed by atoms with van der Waals surface area (Å²) in [5.41, 5.74) is 1.60. The fraction of sp³-hybridized carbons (Fsp3) is 0.462. The van der Waals surface area contributed by atoms with Crippen LogP contribution in [0, 0.1) is 0 Å². The lowest BCUT2D eigenvalue weighted by molar-refractivity contribution is -0.143. The summed E-state index contributed by atoms with van der Waals surface area (Å²) in [5, 5.41) is 2.56. The first-order valence-corrected chi connectivity index (χ1v) is 13.3. The first kappa shape index (κ1) is 28.6. The molecule has 1 unspecified atom stereocenters. The van der Waals surface area contributed by atoms with Crippen LogP contribution >= 0.6 is 10.8 Å². The molecule has 2 aromatic rings. The van der Waals surface area contributed by atoms with Crippen LogP contribution in [0.15, 0.2) is 41.3 Å². The summed E-state index contributed by atoms with van der Waals surface area (Å²) < 4.78 is 44.9. The second-order valence-electron chi connectivity index (χ2n) is 9.68. The molecule has 1 atom stereocenters. The average molecular weight is 537 g/mol. The van der Waals surface area contributed by atoms with Crippen molar-refractivity contribution in [2.45, 2.75) is 56.7 Å². The minimum atomic E-state index is -3.26. The summed E-state index contributed by atoms with van der Waals surface area (Å²) >= 11 is 0. The maximum atomic E-state index is 12.3. The molecular formula is C26H36N2O8S. The lowest BCUT2D eigenvalue weighted by Gasteiger charge is -2.47. The summed E-state index contributed by atoms with van der Waals surface area (Å²) in [6.45, 7) is 5.88. The van der Waals surface area contributed by atoms with Crippen molar-refractivity contribution in [2.24, 2.45) is 0 Å². The highest BCUT2D eigenvalue weighted by molar-refractivity contribution is 8.22. The van der Waals surface area contributed by atoms with E-state index in [1.54, 1.807) is 63.6 Å². The molecule has 0 spiro atoms. The molecule has 0 saturated carbocycles. The number of fused-ring (bicyclic) bond motifs is 1. The van der Waals surface area contributed by atoms with E-state index in [0.717, 1.165) is 16.7 Å². The fourth-order valence-electron chi connectivity index (χ4n) is 4.10. The van der Waals surface area contributed by atoms with Crippen molar-refractivity contribution in [3.63, 3.8) is 0 Å². The first-order valence-electron chi connectivity index (χ1n) is 11.8. The minimum Gasteiger partial charge on any atom is -0.497 e. The molecule has 0 bridgehead atoms. The van der Waals surface area contributed by atoms with Crippen LogP contribution in [0.4, 0.5) is 4.79 Å². The van der Waals surface area contributed by atoms with Crippen molar-refractivity contribution in [3.8, 4) is 11.5 Å². The normalized spacial score (nSPS) is 16.6. The summed E-state index contributed by atoms with van der Waals surface area (Å²) in [5.74, 6) is 0.643. The molecular weight excluding hydrogens is 500 g/mol. The van der Waals surface area contributed by atoms with Gasteiger partial charge in [-0.05, 0) is 50.5 Å². The van der Waals surface area contributed by atoms with Crippen molar-refractivity contribution in [2.75, 3.05) is 27.9 Å². The molecule has 3 rings (SSSR count). The van der Waals surface area contributed by atoms with Crippen molar-refractivity contribution in [3.05, 3.63) is 53.1 Å². The van der Waals surface area contributed by atoms with Gasteiger partial charge in [0.2, 0.25) is 0 Å². The van der Waals surface area contributed by atoms with Crippen molar-refractivity contribution in [1.82, 2.24) is 9.62 Å². The molecule has 1 amide bonds. The number of nitrogens with zero attached hydrogens (tertiary/aromatic N) is 1. The summed E-state index contributed by atoms with van der Waals surface area (Å²) in [6.07, 6.45) is 0.00467. The highest BCUT2D eigenvalue weighted by Gasteiger charge is 2.33. The standard InChI is InChI=1S/C26H36N2O8S/c1-26(2,3)36-25(30)27-21(24(29)35-6)14-17-7-10-23-18(13-17)11-12-28(37(23,31)32)16-19-8-9-20(33-4)15-22(19)34-5/h7-10,13,15,21,31-32H,11-12,14,16H2,1-6H3,(H,27,30). The van der Waals surface area contributed by atoms with E-state index in [1.165, 1.54) is 7.11 Å². The maximum absolute atomic E-state index is 12.3. The van der Waals surface area contributed by atoms with Crippen LogP contribution in [0.5, 0.6) is 11.5 Å². The third-order valence-corrected chi connectivity index (χ3v) is 7.89. The number of carbonyl (C=O) groups is 2. The van der Waals surface area contributed by atoms with Crippen LogP contribution in [0.1, 0.15) is 37.5 Å². The zero-order valence-electron chi connectivity index (χ0n) is 22.1. The van der Waals surface area contributed by atoms with Gasteiger partial charge in [0.1, 0.15) is 23.1 Å². The van der Waals surface area contributed by atoms with Gasteiger partial charge in [-0.25, -0.2) is 9.59 Å². The van der Waals surface area contributed by atoms with Gasteiger partial charge >= 0.3 is 12.1 Å². The van der Waals surface area contributed by atoms with E-state index < -0.39 is 34.5 Å². The largest absolute Gasteiger partial charge is 0.497 e. The average Bonchev–Trinajstić information content (AvgIpc) is 2.83. The monoisotopic (exact) mass is 536 g/mol. The van der Waals surface area contributed by atoms with Crippen molar-refractivity contribution < 1.29 is 37.6 Å². The van der Waals surface area contributed by atoms with Gasteiger partial charge < -0.3 is 24.3 Å². The Balaban J connectivity index is 1.78. The molecule has 0 aromatic heterocycles. The minimum absolute atomic E-state index is 0.158. The first-order chi connectivity index (χ1) is 17.4. The number of ether oxygens (including phenoxy) is 4. The number of carbonyl (C=O) groups excluding carboxylic acids is 2. The smallest absolute Gasteiger partial charge is 0.408 e. The van der Waals surface area contributed by atoms with Gasteiger partial charge in [0.15, 0.2) is 0 Å². The zero-order chi connectivity index (χ0) is 27.4. The quantitative estimate of drug-likeness (QED) is 0.421. The molecule has 0 aliphatic carbocycles. The van der Waals surface area contributed by atoms with Crippen LogP contribution in [0.2, 0.25) is 0 Å². The van der Waals surface area contributed by atoms with Gasteiger partial charge in [0.05, 0.1) is 26.2 Å². The Bertz CT molecular complexity index is 1130. The van der Waals surface area contributed by atoms with Crippen molar-refractivity contribution >= 4 is 22.8 Å².